The van der Waals surface area contributed by atoms with Gasteiger partial charge in [-0.2, -0.15) is 0 Å². The highest BCUT2D eigenvalue weighted by atomic mass is 16.4. The molecule has 0 unspecified atom stereocenters. The maximum Gasteiger partial charge on any atom is 0.317 e. The molecular formula is C14H20N2O2. The van der Waals surface area contributed by atoms with Crippen LogP contribution in [-0.2, 0) is 11.3 Å². The molecule has 0 spiro atoms. The van der Waals surface area contributed by atoms with Crippen molar-refractivity contribution < 1.29 is 9.90 Å². The maximum atomic E-state index is 10.9. The van der Waals surface area contributed by atoms with E-state index in [1.807, 2.05) is 30.2 Å². The summed E-state index contributed by atoms with van der Waals surface area (Å²) in [5.74, 6) is -0.756. The Morgan fingerprint density at radius 1 is 1.44 bits per heavy atom. The largest absolute Gasteiger partial charge is 0.480 e. The van der Waals surface area contributed by atoms with E-state index in [9.17, 15) is 4.79 Å². The van der Waals surface area contributed by atoms with Gasteiger partial charge in [-0.1, -0.05) is 18.9 Å². The first-order chi connectivity index (χ1) is 8.65. The molecule has 0 aliphatic heterocycles. The molecule has 98 valence electrons. The molecule has 1 fully saturated rings. The second kappa shape index (κ2) is 5.96. The van der Waals surface area contributed by atoms with Crippen LogP contribution in [0.15, 0.2) is 18.3 Å². The summed E-state index contributed by atoms with van der Waals surface area (Å²) in [6, 6.07) is 4.42. The molecule has 1 aliphatic carbocycles. The summed E-state index contributed by atoms with van der Waals surface area (Å²) in [4.78, 5) is 17.4. The van der Waals surface area contributed by atoms with Crippen molar-refractivity contribution in [2.24, 2.45) is 0 Å². The first-order valence-electron chi connectivity index (χ1n) is 6.52. The number of carboxylic acid groups (broad SMARTS) is 1. The van der Waals surface area contributed by atoms with Crippen LogP contribution in [-0.4, -0.2) is 33.5 Å². The number of hydrogen-bond acceptors (Lipinski definition) is 3. The van der Waals surface area contributed by atoms with Crippen LogP contribution in [0, 0.1) is 6.92 Å². The van der Waals surface area contributed by atoms with Crippen molar-refractivity contribution in [3.8, 4) is 0 Å². The number of aromatic nitrogens is 1. The third-order valence-electron chi connectivity index (χ3n) is 3.52. The molecule has 1 saturated carbocycles. The summed E-state index contributed by atoms with van der Waals surface area (Å²) in [5, 5.41) is 9.00. The van der Waals surface area contributed by atoms with Gasteiger partial charge in [-0.3, -0.25) is 14.7 Å². The van der Waals surface area contributed by atoms with Crippen molar-refractivity contribution >= 4 is 5.97 Å². The van der Waals surface area contributed by atoms with Crippen molar-refractivity contribution in [3.05, 3.63) is 29.6 Å². The SMILES string of the molecule is Cc1ccc(CN(CC(=O)O)C2CCCC2)nc1. The Hall–Kier alpha value is -1.42. The van der Waals surface area contributed by atoms with Crippen molar-refractivity contribution in [2.45, 2.75) is 45.2 Å². The zero-order valence-electron chi connectivity index (χ0n) is 10.8. The standard InChI is InChI=1S/C14H20N2O2/c1-11-6-7-12(15-8-11)9-16(10-14(17)18)13-4-2-3-5-13/h6-8,13H,2-5,9-10H2,1H3,(H,17,18). The minimum atomic E-state index is -0.756. The lowest BCUT2D eigenvalue weighted by atomic mass is 10.2. The monoisotopic (exact) mass is 248 g/mol. The van der Waals surface area contributed by atoms with Gasteiger partial charge >= 0.3 is 5.97 Å². The number of carbonyl (C=O) groups is 1. The van der Waals surface area contributed by atoms with Crippen LogP contribution in [0.25, 0.3) is 0 Å². The van der Waals surface area contributed by atoms with E-state index in [0.29, 0.717) is 12.6 Å². The number of hydrogen-bond donors (Lipinski definition) is 1. The van der Waals surface area contributed by atoms with E-state index in [4.69, 9.17) is 5.11 Å². The van der Waals surface area contributed by atoms with Gasteiger partial charge in [0.15, 0.2) is 0 Å². The molecule has 4 heteroatoms. The van der Waals surface area contributed by atoms with E-state index in [1.54, 1.807) is 0 Å². The number of carboxylic acids is 1. The number of aryl methyl sites for hydroxylation is 1. The second-order valence-electron chi connectivity index (χ2n) is 5.06. The summed E-state index contributed by atoms with van der Waals surface area (Å²) in [6.07, 6.45) is 6.48. The van der Waals surface area contributed by atoms with E-state index >= 15 is 0 Å². The van der Waals surface area contributed by atoms with Crippen LogP contribution in [0.2, 0.25) is 0 Å². The molecule has 1 heterocycles. The predicted octanol–water partition coefficient (Wildman–Crippen LogP) is 2.22. The van der Waals surface area contributed by atoms with Gasteiger partial charge in [0.25, 0.3) is 0 Å². The number of rotatable bonds is 5. The van der Waals surface area contributed by atoms with Crippen molar-refractivity contribution in [2.75, 3.05) is 6.54 Å². The summed E-state index contributed by atoms with van der Waals surface area (Å²) in [5.41, 5.74) is 2.08. The highest BCUT2D eigenvalue weighted by Crippen LogP contribution is 2.24. The van der Waals surface area contributed by atoms with E-state index < -0.39 is 5.97 Å². The van der Waals surface area contributed by atoms with Crippen molar-refractivity contribution in [3.63, 3.8) is 0 Å². The molecule has 0 aromatic carbocycles. The third kappa shape index (κ3) is 3.53. The van der Waals surface area contributed by atoms with E-state index in [0.717, 1.165) is 24.1 Å². The minimum Gasteiger partial charge on any atom is -0.480 e. The molecule has 1 aromatic rings. The van der Waals surface area contributed by atoms with Gasteiger partial charge in [-0.25, -0.2) is 0 Å². The fourth-order valence-corrected chi connectivity index (χ4v) is 2.56. The topological polar surface area (TPSA) is 53.4 Å². The molecule has 18 heavy (non-hydrogen) atoms. The molecular weight excluding hydrogens is 228 g/mol. The fraction of sp³-hybridized carbons (Fsp3) is 0.571. The minimum absolute atomic E-state index is 0.111. The Balaban J connectivity index is 2.03. The Bertz CT molecular complexity index is 397. The summed E-state index contributed by atoms with van der Waals surface area (Å²) in [7, 11) is 0. The van der Waals surface area contributed by atoms with Gasteiger partial charge in [-0.05, 0) is 31.4 Å². The Kier molecular flexibility index (Phi) is 4.31. The summed E-state index contributed by atoms with van der Waals surface area (Å²) >= 11 is 0. The number of aliphatic carboxylic acids is 1. The third-order valence-corrected chi connectivity index (χ3v) is 3.52. The lowest BCUT2D eigenvalue weighted by molar-refractivity contribution is -0.139. The molecule has 0 amide bonds. The van der Waals surface area contributed by atoms with Gasteiger partial charge in [0, 0.05) is 18.8 Å². The van der Waals surface area contributed by atoms with Gasteiger partial charge in [0.05, 0.1) is 12.2 Å². The number of pyridine rings is 1. The Labute approximate surface area is 108 Å². The Morgan fingerprint density at radius 2 is 2.17 bits per heavy atom. The van der Waals surface area contributed by atoms with Crippen LogP contribution >= 0.6 is 0 Å². The van der Waals surface area contributed by atoms with Crippen LogP contribution < -0.4 is 0 Å². The molecule has 0 atom stereocenters. The molecule has 0 radical (unpaired) electrons. The highest BCUT2D eigenvalue weighted by molar-refractivity contribution is 5.69. The highest BCUT2D eigenvalue weighted by Gasteiger charge is 2.24. The van der Waals surface area contributed by atoms with Crippen LogP contribution in [0.4, 0.5) is 0 Å². The molecule has 1 aliphatic rings. The lowest BCUT2D eigenvalue weighted by Crippen LogP contribution is -2.37. The smallest absolute Gasteiger partial charge is 0.317 e. The normalized spacial score (nSPS) is 16.3. The molecule has 0 saturated heterocycles. The summed E-state index contributed by atoms with van der Waals surface area (Å²) < 4.78 is 0. The Morgan fingerprint density at radius 3 is 2.72 bits per heavy atom. The molecule has 0 bridgehead atoms. The second-order valence-corrected chi connectivity index (χ2v) is 5.06. The zero-order valence-corrected chi connectivity index (χ0v) is 10.8. The quantitative estimate of drug-likeness (QED) is 0.868. The van der Waals surface area contributed by atoms with Crippen LogP contribution in [0.3, 0.4) is 0 Å². The molecule has 2 rings (SSSR count). The van der Waals surface area contributed by atoms with Crippen molar-refractivity contribution in [1.29, 1.82) is 0 Å². The van der Waals surface area contributed by atoms with Crippen LogP contribution in [0.5, 0.6) is 0 Å². The van der Waals surface area contributed by atoms with Crippen LogP contribution in [0.1, 0.15) is 36.9 Å². The van der Waals surface area contributed by atoms with E-state index in [-0.39, 0.29) is 6.54 Å². The van der Waals surface area contributed by atoms with Crippen molar-refractivity contribution in [1.82, 2.24) is 9.88 Å². The zero-order chi connectivity index (χ0) is 13.0. The average Bonchev–Trinajstić information content (AvgIpc) is 2.84. The first-order valence-corrected chi connectivity index (χ1v) is 6.52. The van der Waals surface area contributed by atoms with E-state index in [1.165, 1.54) is 12.8 Å². The summed E-state index contributed by atoms with van der Waals surface area (Å²) in [6.45, 7) is 2.75. The van der Waals surface area contributed by atoms with Gasteiger partial charge in [0.2, 0.25) is 0 Å². The first kappa shape index (κ1) is 13.0. The average molecular weight is 248 g/mol. The van der Waals surface area contributed by atoms with Gasteiger partial charge in [-0.15, -0.1) is 0 Å². The molecule has 1 aromatic heterocycles. The lowest BCUT2D eigenvalue weighted by Gasteiger charge is -2.26. The molecule has 1 N–H and O–H groups in total. The maximum absolute atomic E-state index is 10.9. The van der Waals surface area contributed by atoms with Gasteiger partial charge < -0.3 is 5.11 Å². The van der Waals surface area contributed by atoms with Gasteiger partial charge in [0.1, 0.15) is 0 Å². The number of nitrogens with zero attached hydrogens (tertiary/aromatic N) is 2. The fourth-order valence-electron chi connectivity index (χ4n) is 2.56. The molecule has 4 nitrogen and oxygen atoms in total. The predicted molar refractivity (Wildman–Crippen MR) is 69.3 cm³/mol. The van der Waals surface area contributed by atoms with E-state index in [2.05, 4.69) is 4.98 Å².